The average molecular weight is 254 g/mol. The average Bonchev–Trinajstić information content (AvgIpc) is 3.10. The fourth-order valence-corrected chi connectivity index (χ4v) is 3.59. The van der Waals surface area contributed by atoms with Gasteiger partial charge in [0.25, 0.3) is 0 Å². The van der Waals surface area contributed by atoms with Crippen molar-refractivity contribution < 1.29 is 0 Å². The van der Waals surface area contributed by atoms with E-state index in [1.165, 1.54) is 43.7 Å². The van der Waals surface area contributed by atoms with E-state index >= 15 is 0 Å². The van der Waals surface area contributed by atoms with Crippen molar-refractivity contribution in [3.05, 3.63) is 0 Å². The molecule has 2 unspecified atom stereocenters. The Morgan fingerprint density at radius 3 is 2.88 bits per heavy atom. The van der Waals surface area contributed by atoms with Crippen LogP contribution in [0.3, 0.4) is 0 Å². The number of nitrogens with one attached hydrogen (secondary N) is 1. The smallest absolute Gasteiger partial charge is 0.156 e. The van der Waals surface area contributed by atoms with Gasteiger partial charge in [0.05, 0.1) is 6.54 Å². The van der Waals surface area contributed by atoms with Crippen LogP contribution in [0.25, 0.3) is 0 Å². The van der Waals surface area contributed by atoms with E-state index in [-0.39, 0.29) is 0 Å². The van der Waals surface area contributed by atoms with Gasteiger partial charge in [-0.1, -0.05) is 44.9 Å². The second-order valence-corrected chi connectivity index (χ2v) is 6.66. The molecule has 1 N–H and O–H groups in total. The first-order valence-electron chi connectivity index (χ1n) is 7.28. The van der Waals surface area contributed by atoms with Gasteiger partial charge in [0.15, 0.2) is 5.17 Å². The van der Waals surface area contributed by atoms with Gasteiger partial charge in [-0.25, -0.2) is 0 Å². The number of nitrogens with zero attached hydrogens (tertiary/aromatic N) is 1. The van der Waals surface area contributed by atoms with Crippen molar-refractivity contribution in [2.24, 2.45) is 16.8 Å². The Bertz CT molecular complexity index is 261. The molecule has 0 bridgehead atoms. The monoisotopic (exact) mass is 254 g/mol. The molecule has 0 radical (unpaired) electrons. The summed E-state index contributed by atoms with van der Waals surface area (Å²) in [5, 5.41) is 5.59. The summed E-state index contributed by atoms with van der Waals surface area (Å²) in [4.78, 5) is 4.63. The van der Waals surface area contributed by atoms with Crippen molar-refractivity contribution in [3.63, 3.8) is 0 Å². The summed E-state index contributed by atoms with van der Waals surface area (Å²) in [6.45, 7) is 6.76. The van der Waals surface area contributed by atoms with Crippen LogP contribution >= 0.6 is 11.8 Å². The zero-order valence-corrected chi connectivity index (χ0v) is 12.1. The minimum Gasteiger partial charge on any atom is -0.365 e. The minimum absolute atomic E-state index is 0.799. The molecule has 1 fully saturated rings. The predicted molar refractivity (Wildman–Crippen MR) is 77.7 cm³/mol. The molecule has 0 saturated heterocycles. The van der Waals surface area contributed by atoms with Crippen molar-refractivity contribution in [1.82, 2.24) is 5.32 Å². The molecule has 0 aromatic carbocycles. The van der Waals surface area contributed by atoms with Gasteiger partial charge in [0, 0.05) is 11.8 Å². The minimum atomic E-state index is 0.799. The highest BCUT2D eigenvalue weighted by Gasteiger charge is 2.35. The molecule has 0 aromatic heterocycles. The molecule has 1 heterocycles. The third-order valence-corrected chi connectivity index (χ3v) is 5.24. The highest BCUT2D eigenvalue weighted by atomic mass is 32.2. The molecule has 17 heavy (non-hydrogen) atoms. The fraction of sp³-hybridized carbons (Fsp3) is 0.929. The van der Waals surface area contributed by atoms with Crippen LogP contribution in [-0.4, -0.2) is 23.5 Å². The number of hydrogen-bond donors (Lipinski definition) is 1. The van der Waals surface area contributed by atoms with Gasteiger partial charge < -0.3 is 5.32 Å². The largest absolute Gasteiger partial charge is 0.365 e. The molecule has 2 aliphatic rings. The standard InChI is InChI=1S/C14H26N2S/c1-3-5-6-11(4-2)9-15-14-16-10-13(17-14)12-7-8-12/h11-13H,3-10H2,1-2H3,(H,15,16). The van der Waals surface area contributed by atoms with Crippen molar-refractivity contribution in [1.29, 1.82) is 0 Å². The van der Waals surface area contributed by atoms with Crippen molar-refractivity contribution in [2.45, 2.75) is 57.6 Å². The second-order valence-electron chi connectivity index (χ2n) is 5.44. The van der Waals surface area contributed by atoms with Crippen molar-refractivity contribution in [2.75, 3.05) is 13.1 Å². The molecule has 0 aromatic rings. The molecular formula is C14H26N2S. The summed E-state index contributed by atoms with van der Waals surface area (Å²) in [7, 11) is 0. The van der Waals surface area contributed by atoms with Crippen LogP contribution in [0.15, 0.2) is 4.99 Å². The lowest BCUT2D eigenvalue weighted by molar-refractivity contribution is 0.447. The fourth-order valence-electron chi connectivity index (χ4n) is 2.38. The van der Waals surface area contributed by atoms with E-state index in [9.17, 15) is 0 Å². The summed E-state index contributed by atoms with van der Waals surface area (Å²) >= 11 is 2.00. The van der Waals surface area contributed by atoms with E-state index in [1.54, 1.807) is 0 Å². The Labute approximate surface area is 110 Å². The van der Waals surface area contributed by atoms with E-state index < -0.39 is 0 Å². The van der Waals surface area contributed by atoms with E-state index in [0.717, 1.165) is 30.2 Å². The van der Waals surface area contributed by atoms with Gasteiger partial charge in [0.1, 0.15) is 0 Å². The van der Waals surface area contributed by atoms with Gasteiger partial charge in [-0.2, -0.15) is 0 Å². The van der Waals surface area contributed by atoms with E-state index in [4.69, 9.17) is 0 Å². The Hall–Kier alpha value is -0.180. The van der Waals surface area contributed by atoms with Gasteiger partial charge in [-0.15, -0.1) is 0 Å². The number of aliphatic imine (C=N–C) groups is 1. The van der Waals surface area contributed by atoms with Crippen LogP contribution in [0, 0.1) is 11.8 Å². The van der Waals surface area contributed by atoms with E-state index in [2.05, 4.69) is 24.2 Å². The Morgan fingerprint density at radius 2 is 2.24 bits per heavy atom. The van der Waals surface area contributed by atoms with Crippen LogP contribution in [0.4, 0.5) is 0 Å². The first kappa shape index (κ1) is 13.3. The second kappa shape index (κ2) is 6.67. The van der Waals surface area contributed by atoms with Gasteiger partial charge in [-0.3, -0.25) is 4.99 Å². The summed E-state index contributed by atoms with van der Waals surface area (Å²) in [5.74, 6) is 1.81. The van der Waals surface area contributed by atoms with Crippen LogP contribution in [0.5, 0.6) is 0 Å². The summed E-state index contributed by atoms with van der Waals surface area (Å²) in [5.41, 5.74) is 0. The van der Waals surface area contributed by atoms with Crippen molar-refractivity contribution in [3.8, 4) is 0 Å². The highest BCUT2D eigenvalue weighted by molar-refractivity contribution is 8.14. The van der Waals surface area contributed by atoms with Crippen LogP contribution in [-0.2, 0) is 0 Å². The number of hydrogen-bond acceptors (Lipinski definition) is 3. The summed E-state index contributed by atoms with van der Waals surface area (Å²) in [6, 6.07) is 0. The molecule has 2 atom stereocenters. The van der Waals surface area contributed by atoms with Crippen LogP contribution < -0.4 is 5.32 Å². The summed E-state index contributed by atoms with van der Waals surface area (Å²) < 4.78 is 0. The van der Waals surface area contributed by atoms with Gasteiger partial charge in [0.2, 0.25) is 0 Å². The molecule has 2 rings (SSSR count). The number of amidine groups is 1. The molecule has 98 valence electrons. The third kappa shape index (κ3) is 4.20. The maximum atomic E-state index is 4.63. The zero-order valence-electron chi connectivity index (χ0n) is 11.2. The number of thioether (sulfide) groups is 1. The first-order valence-corrected chi connectivity index (χ1v) is 8.16. The van der Waals surface area contributed by atoms with E-state index in [0.29, 0.717) is 0 Å². The maximum absolute atomic E-state index is 4.63. The lowest BCUT2D eigenvalue weighted by atomic mass is 10.00. The SMILES string of the molecule is CCCCC(CC)CNC1=NCC(C2CC2)S1. The molecule has 1 aliphatic carbocycles. The number of rotatable bonds is 7. The lowest BCUT2D eigenvalue weighted by Crippen LogP contribution is -2.26. The van der Waals surface area contributed by atoms with Gasteiger partial charge in [-0.05, 0) is 31.1 Å². The topological polar surface area (TPSA) is 24.4 Å². The molecule has 0 spiro atoms. The molecule has 0 amide bonds. The predicted octanol–water partition coefficient (Wildman–Crippen LogP) is 3.67. The Morgan fingerprint density at radius 1 is 1.41 bits per heavy atom. The Kier molecular flexibility index (Phi) is 5.20. The molecular weight excluding hydrogens is 228 g/mol. The highest BCUT2D eigenvalue weighted by Crippen LogP contribution is 2.41. The molecule has 1 aliphatic heterocycles. The molecule has 1 saturated carbocycles. The first-order chi connectivity index (χ1) is 8.33. The zero-order chi connectivity index (χ0) is 12.1. The third-order valence-electron chi connectivity index (χ3n) is 3.91. The number of unbranched alkanes of at least 4 members (excludes halogenated alkanes) is 1. The van der Waals surface area contributed by atoms with E-state index in [1.807, 2.05) is 11.8 Å². The van der Waals surface area contributed by atoms with Gasteiger partial charge >= 0.3 is 0 Å². The van der Waals surface area contributed by atoms with Crippen LogP contribution in [0.2, 0.25) is 0 Å². The molecule has 3 heteroatoms. The maximum Gasteiger partial charge on any atom is 0.156 e. The summed E-state index contributed by atoms with van der Waals surface area (Å²) in [6.07, 6.45) is 8.21. The molecule has 2 nitrogen and oxygen atoms in total. The lowest BCUT2D eigenvalue weighted by Gasteiger charge is -2.16. The van der Waals surface area contributed by atoms with Crippen molar-refractivity contribution >= 4 is 16.9 Å². The van der Waals surface area contributed by atoms with Crippen LogP contribution in [0.1, 0.15) is 52.4 Å². The quantitative estimate of drug-likeness (QED) is 0.749. The normalized spacial score (nSPS) is 25.8. The Balaban J connectivity index is 1.63.